The van der Waals surface area contributed by atoms with E-state index in [4.69, 9.17) is 18.9 Å². The molecule has 1 N–H and O–H groups in total. The van der Waals surface area contributed by atoms with Crippen molar-refractivity contribution >= 4 is 17.4 Å². The Hall–Kier alpha value is -3.68. The summed E-state index contributed by atoms with van der Waals surface area (Å²) in [7, 11) is 1.53. The van der Waals surface area contributed by atoms with E-state index in [0.717, 1.165) is 0 Å². The Morgan fingerprint density at radius 1 is 1.00 bits per heavy atom. The fraction of sp³-hybridized carbons (Fsp3) is 0.333. The molecule has 2 aromatic rings. The van der Waals surface area contributed by atoms with Gasteiger partial charge in [-0.3, -0.25) is 9.59 Å². The van der Waals surface area contributed by atoms with Gasteiger partial charge in [-0.1, -0.05) is 6.07 Å². The van der Waals surface area contributed by atoms with Gasteiger partial charge in [0.15, 0.2) is 23.0 Å². The van der Waals surface area contributed by atoms with Gasteiger partial charge in [0.1, 0.15) is 19.0 Å². The molecule has 0 bridgehead atoms. The van der Waals surface area contributed by atoms with Crippen LogP contribution in [0.5, 0.6) is 23.0 Å². The monoisotopic (exact) mass is 439 g/mol. The fourth-order valence-electron chi connectivity index (χ4n) is 3.92. The standard InChI is InChI=1S/C24H25NO7/c1-4-29-16-8-6-14(12-18(16)30-5-2)21-20(23(27)24(28)25(21)3)22(26)15-7-9-17-19(13-15)32-11-10-31-17/h6-9,12-13,21,26H,4-5,10-11H2,1-3H3/b22-20+. The van der Waals surface area contributed by atoms with Gasteiger partial charge in [0.25, 0.3) is 11.7 Å². The van der Waals surface area contributed by atoms with Crippen LogP contribution in [0, 0.1) is 0 Å². The van der Waals surface area contributed by atoms with Crippen molar-refractivity contribution in [3.8, 4) is 23.0 Å². The van der Waals surface area contributed by atoms with Crippen molar-refractivity contribution in [2.45, 2.75) is 19.9 Å². The smallest absolute Gasteiger partial charge is 0.295 e. The number of likely N-dealkylation sites (N-methyl/N-ethyl adjacent to an activating group) is 1. The average Bonchev–Trinajstić information content (AvgIpc) is 3.03. The van der Waals surface area contributed by atoms with Crippen LogP contribution in [0.4, 0.5) is 0 Å². The quantitative estimate of drug-likeness (QED) is 0.419. The summed E-state index contributed by atoms with van der Waals surface area (Å²) in [4.78, 5) is 26.8. The third-order valence-corrected chi connectivity index (χ3v) is 5.37. The Balaban J connectivity index is 1.81. The van der Waals surface area contributed by atoms with E-state index in [9.17, 15) is 14.7 Å². The number of hydrogen-bond acceptors (Lipinski definition) is 7. The van der Waals surface area contributed by atoms with Crippen LogP contribution in [0.2, 0.25) is 0 Å². The molecule has 0 saturated carbocycles. The first kappa shape index (κ1) is 21.5. The molecule has 0 aromatic heterocycles. The molecule has 8 heteroatoms. The number of aliphatic hydroxyl groups is 1. The van der Waals surface area contributed by atoms with Gasteiger partial charge in [-0.05, 0) is 49.7 Å². The second kappa shape index (κ2) is 8.82. The van der Waals surface area contributed by atoms with E-state index < -0.39 is 17.7 Å². The molecule has 1 saturated heterocycles. The van der Waals surface area contributed by atoms with Crippen molar-refractivity contribution in [3.63, 3.8) is 0 Å². The molecule has 1 amide bonds. The summed E-state index contributed by atoms with van der Waals surface area (Å²) in [5.41, 5.74) is 0.986. The minimum absolute atomic E-state index is 0.000728. The number of carbonyl (C=O) groups is 2. The SMILES string of the molecule is CCOc1ccc(C2/C(=C(\O)c3ccc4c(c3)OCCO4)C(=O)C(=O)N2C)cc1OCC. The molecule has 2 aliphatic rings. The zero-order valence-corrected chi connectivity index (χ0v) is 18.2. The van der Waals surface area contributed by atoms with Gasteiger partial charge in [0.2, 0.25) is 0 Å². The number of nitrogens with zero attached hydrogens (tertiary/aromatic N) is 1. The van der Waals surface area contributed by atoms with Gasteiger partial charge in [0.05, 0.1) is 24.8 Å². The molecule has 2 aromatic carbocycles. The number of amides is 1. The molecule has 0 radical (unpaired) electrons. The summed E-state index contributed by atoms with van der Waals surface area (Å²) >= 11 is 0. The van der Waals surface area contributed by atoms with Gasteiger partial charge < -0.3 is 29.0 Å². The lowest BCUT2D eigenvalue weighted by atomic mass is 9.95. The topological polar surface area (TPSA) is 94.5 Å². The molecular weight excluding hydrogens is 414 g/mol. The van der Waals surface area contributed by atoms with Gasteiger partial charge in [0, 0.05) is 12.6 Å². The summed E-state index contributed by atoms with van der Waals surface area (Å²) in [6, 6.07) is 9.36. The highest BCUT2D eigenvalue weighted by Crippen LogP contribution is 2.42. The van der Waals surface area contributed by atoms with Gasteiger partial charge in [-0.2, -0.15) is 0 Å². The lowest BCUT2D eigenvalue weighted by Gasteiger charge is -2.23. The molecule has 2 heterocycles. The van der Waals surface area contributed by atoms with Crippen LogP contribution < -0.4 is 18.9 Å². The van der Waals surface area contributed by atoms with Gasteiger partial charge in [-0.25, -0.2) is 0 Å². The second-order valence-corrected chi connectivity index (χ2v) is 7.34. The van der Waals surface area contributed by atoms with E-state index >= 15 is 0 Å². The third kappa shape index (κ3) is 3.72. The molecular formula is C24H25NO7. The fourth-order valence-corrected chi connectivity index (χ4v) is 3.92. The van der Waals surface area contributed by atoms with Crippen LogP contribution >= 0.6 is 0 Å². The first-order valence-electron chi connectivity index (χ1n) is 10.5. The number of aliphatic hydroxyl groups excluding tert-OH is 1. The Morgan fingerprint density at radius 3 is 2.41 bits per heavy atom. The van der Waals surface area contributed by atoms with E-state index in [2.05, 4.69) is 0 Å². The highest BCUT2D eigenvalue weighted by Gasteiger charge is 2.44. The number of benzene rings is 2. The van der Waals surface area contributed by atoms with Crippen LogP contribution in [0.15, 0.2) is 42.0 Å². The van der Waals surface area contributed by atoms with E-state index in [-0.39, 0.29) is 11.3 Å². The number of hydrogen-bond donors (Lipinski definition) is 1. The molecule has 1 unspecified atom stereocenters. The molecule has 2 aliphatic heterocycles. The van der Waals surface area contributed by atoms with Gasteiger partial charge >= 0.3 is 0 Å². The number of Topliss-reactive ketones (excluding diaryl/α,β-unsaturated/α-hetero) is 1. The maximum Gasteiger partial charge on any atom is 0.295 e. The van der Waals surface area contributed by atoms with Gasteiger partial charge in [-0.15, -0.1) is 0 Å². The van der Waals surface area contributed by atoms with E-state index in [0.29, 0.717) is 60.6 Å². The van der Waals surface area contributed by atoms with Crippen molar-refractivity contribution in [2.75, 3.05) is 33.5 Å². The zero-order chi connectivity index (χ0) is 22.8. The lowest BCUT2D eigenvalue weighted by Crippen LogP contribution is -2.24. The molecule has 4 rings (SSSR count). The maximum absolute atomic E-state index is 12.9. The van der Waals surface area contributed by atoms with Crippen LogP contribution in [-0.2, 0) is 9.59 Å². The number of fused-ring (bicyclic) bond motifs is 1. The second-order valence-electron chi connectivity index (χ2n) is 7.34. The first-order valence-corrected chi connectivity index (χ1v) is 10.5. The normalized spacial score (nSPS) is 19.2. The Morgan fingerprint density at radius 2 is 1.69 bits per heavy atom. The highest BCUT2D eigenvalue weighted by molar-refractivity contribution is 6.46. The zero-order valence-electron chi connectivity index (χ0n) is 18.2. The number of likely N-dealkylation sites (tertiary alicyclic amines) is 1. The molecule has 0 spiro atoms. The van der Waals surface area contributed by atoms with E-state index in [1.807, 2.05) is 13.8 Å². The number of carbonyl (C=O) groups excluding carboxylic acids is 2. The molecule has 1 fully saturated rings. The number of ether oxygens (including phenoxy) is 4. The van der Waals surface area contributed by atoms with Crippen molar-refractivity contribution in [1.82, 2.24) is 4.90 Å². The molecule has 32 heavy (non-hydrogen) atoms. The summed E-state index contributed by atoms with van der Waals surface area (Å²) < 4.78 is 22.4. The summed E-state index contributed by atoms with van der Waals surface area (Å²) in [6.07, 6.45) is 0. The maximum atomic E-state index is 12.9. The molecule has 168 valence electrons. The van der Waals surface area contributed by atoms with E-state index in [1.54, 1.807) is 36.4 Å². The van der Waals surface area contributed by atoms with Crippen molar-refractivity contribution in [3.05, 3.63) is 53.1 Å². The van der Waals surface area contributed by atoms with Crippen molar-refractivity contribution in [2.24, 2.45) is 0 Å². The average molecular weight is 439 g/mol. The lowest BCUT2D eigenvalue weighted by molar-refractivity contribution is -0.139. The number of ketones is 1. The van der Waals surface area contributed by atoms with Crippen molar-refractivity contribution < 1.29 is 33.6 Å². The Labute approximate surface area is 185 Å². The third-order valence-electron chi connectivity index (χ3n) is 5.37. The summed E-state index contributed by atoms with van der Waals surface area (Å²) in [6.45, 7) is 5.46. The minimum Gasteiger partial charge on any atom is -0.507 e. The van der Waals surface area contributed by atoms with Crippen LogP contribution in [0.3, 0.4) is 0 Å². The minimum atomic E-state index is -0.780. The Kier molecular flexibility index (Phi) is 5.94. The van der Waals surface area contributed by atoms with E-state index in [1.165, 1.54) is 11.9 Å². The van der Waals surface area contributed by atoms with Crippen molar-refractivity contribution in [1.29, 1.82) is 0 Å². The predicted octanol–water partition coefficient (Wildman–Crippen LogP) is 3.31. The predicted molar refractivity (Wildman–Crippen MR) is 116 cm³/mol. The first-order chi connectivity index (χ1) is 15.5. The molecule has 8 nitrogen and oxygen atoms in total. The largest absolute Gasteiger partial charge is 0.507 e. The van der Waals surface area contributed by atoms with Crippen LogP contribution in [-0.4, -0.2) is 55.2 Å². The molecule has 1 atom stereocenters. The number of rotatable bonds is 6. The summed E-state index contributed by atoms with van der Waals surface area (Å²) in [5, 5.41) is 11.1. The highest BCUT2D eigenvalue weighted by atomic mass is 16.6. The molecule has 0 aliphatic carbocycles. The Bertz CT molecular complexity index is 1090. The van der Waals surface area contributed by atoms with Crippen LogP contribution in [0.1, 0.15) is 31.0 Å². The summed E-state index contributed by atoms with van der Waals surface area (Å²) in [5.74, 6) is 0.387. The van der Waals surface area contributed by atoms with Crippen LogP contribution in [0.25, 0.3) is 5.76 Å².